The second-order valence-corrected chi connectivity index (χ2v) is 5.32. The van der Waals surface area contributed by atoms with Crippen molar-refractivity contribution in [2.45, 2.75) is 39.2 Å². The molecule has 0 saturated carbocycles. The minimum absolute atomic E-state index is 0.180. The summed E-state index contributed by atoms with van der Waals surface area (Å²) in [6, 6.07) is 5.03. The molecule has 100 valence electrons. The summed E-state index contributed by atoms with van der Waals surface area (Å²) in [6.45, 7) is 6.12. The Labute approximate surface area is 109 Å². The smallest absolute Gasteiger partial charge is 0.130 e. The van der Waals surface area contributed by atoms with Crippen molar-refractivity contribution in [1.29, 1.82) is 0 Å². The molecular weight excluding hydrogens is 227 g/mol. The molecule has 2 rings (SSSR count). The molecule has 0 radical (unpaired) electrons. The van der Waals surface area contributed by atoms with Gasteiger partial charge in [-0.25, -0.2) is 4.39 Å². The minimum Gasteiger partial charge on any atom is -0.371 e. The summed E-state index contributed by atoms with van der Waals surface area (Å²) in [6.07, 6.45) is 3.67. The van der Waals surface area contributed by atoms with E-state index in [9.17, 15) is 4.39 Å². The molecular formula is C15H23FN2. The number of rotatable bonds is 3. The van der Waals surface area contributed by atoms with E-state index >= 15 is 0 Å². The van der Waals surface area contributed by atoms with E-state index in [-0.39, 0.29) is 11.9 Å². The first kappa shape index (κ1) is 13.3. The fraction of sp³-hybridized carbons (Fsp3) is 0.600. The molecule has 0 aromatic heterocycles. The number of anilines is 1. The van der Waals surface area contributed by atoms with Crippen LogP contribution in [-0.2, 0) is 0 Å². The molecule has 1 fully saturated rings. The molecule has 2 N–H and O–H groups in total. The van der Waals surface area contributed by atoms with Gasteiger partial charge in [-0.1, -0.05) is 19.4 Å². The first-order chi connectivity index (χ1) is 8.63. The number of hydrogen-bond donors (Lipinski definition) is 1. The summed E-state index contributed by atoms with van der Waals surface area (Å²) in [7, 11) is 0. The van der Waals surface area contributed by atoms with Crippen LogP contribution in [0, 0.1) is 11.7 Å². The molecule has 2 nitrogen and oxygen atoms in total. The van der Waals surface area contributed by atoms with Gasteiger partial charge in [-0.3, -0.25) is 0 Å². The Morgan fingerprint density at radius 3 is 2.94 bits per heavy atom. The van der Waals surface area contributed by atoms with Crippen LogP contribution in [0.4, 0.5) is 10.1 Å². The third-order valence-corrected chi connectivity index (χ3v) is 3.92. The molecule has 0 amide bonds. The minimum atomic E-state index is -0.261. The van der Waals surface area contributed by atoms with Gasteiger partial charge < -0.3 is 10.6 Å². The van der Waals surface area contributed by atoms with E-state index in [2.05, 4.69) is 11.8 Å². The van der Waals surface area contributed by atoms with E-state index in [1.807, 2.05) is 13.0 Å². The average molecular weight is 250 g/mol. The van der Waals surface area contributed by atoms with E-state index in [1.165, 1.54) is 25.3 Å². The van der Waals surface area contributed by atoms with Crippen LogP contribution in [-0.4, -0.2) is 13.1 Å². The Bertz CT molecular complexity index is 403. The number of piperidine rings is 1. The highest BCUT2D eigenvalue weighted by Crippen LogP contribution is 2.31. The Morgan fingerprint density at radius 2 is 2.28 bits per heavy atom. The van der Waals surface area contributed by atoms with E-state index in [1.54, 1.807) is 6.07 Å². The van der Waals surface area contributed by atoms with Gasteiger partial charge in [0.1, 0.15) is 5.82 Å². The normalized spacial score (nSPS) is 22.0. The van der Waals surface area contributed by atoms with E-state index in [4.69, 9.17) is 5.73 Å². The third-order valence-electron chi connectivity index (χ3n) is 3.92. The second kappa shape index (κ2) is 5.70. The molecule has 1 aliphatic rings. The number of nitrogens with two attached hydrogens (primary N) is 1. The van der Waals surface area contributed by atoms with Crippen LogP contribution in [0.1, 0.15) is 44.7 Å². The van der Waals surface area contributed by atoms with E-state index in [0.29, 0.717) is 5.56 Å². The van der Waals surface area contributed by atoms with Crippen LogP contribution in [0.5, 0.6) is 0 Å². The maximum atomic E-state index is 13.9. The van der Waals surface area contributed by atoms with Crippen LogP contribution in [0.15, 0.2) is 18.2 Å². The Kier molecular flexibility index (Phi) is 4.23. The van der Waals surface area contributed by atoms with Gasteiger partial charge in [0.25, 0.3) is 0 Å². The lowest BCUT2D eigenvalue weighted by Crippen LogP contribution is -2.36. The maximum absolute atomic E-state index is 13.9. The van der Waals surface area contributed by atoms with Crippen molar-refractivity contribution < 1.29 is 4.39 Å². The topological polar surface area (TPSA) is 29.3 Å². The molecule has 18 heavy (non-hydrogen) atoms. The fourth-order valence-corrected chi connectivity index (χ4v) is 2.87. The molecule has 0 aliphatic carbocycles. The lowest BCUT2D eigenvalue weighted by atomic mass is 9.94. The molecule has 1 aromatic carbocycles. The molecule has 0 spiro atoms. The molecule has 1 saturated heterocycles. The Hall–Kier alpha value is -1.09. The first-order valence-corrected chi connectivity index (χ1v) is 6.92. The summed E-state index contributed by atoms with van der Waals surface area (Å²) in [5, 5.41) is 0. The molecule has 1 aromatic rings. The molecule has 1 heterocycles. The highest BCUT2D eigenvalue weighted by Gasteiger charge is 2.22. The van der Waals surface area contributed by atoms with Gasteiger partial charge in [0, 0.05) is 30.4 Å². The van der Waals surface area contributed by atoms with Gasteiger partial charge in [0.05, 0.1) is 0 Å². The molecule has 2 atom stereocenters. The zero-order chi connectivity index (χ0) is 13.1. The van der Waals surface area contributed by atoms with Crippen molar-refractivity contribution in [3.63, 3.8) is 0 Å². The number of hydrogen-bond acceptors (Lipinski definition) is 2. The van der Waals surface area contributed by atoms with Crippen LogP contribution in [0.3, 0.4) is 0 Å². The van der Waals surface area contributed by atoms with E-state index < -0.39 is 0 Å². The first-order valence-electron chi connectivity index (χ1n) is 6.92. The van der Waals surface area contributed by atoms with Crippen LogP contribution in [0.25, 0.3) is 0 Å². The highest BCUT2D eigenvalue weighted by molar-refractivity contribution is 5.55. The summed E-state index contributed by atoms with van der Waals surface area (Å²) in [5.74, 6) is 0.545. The van der Waals surface area contributed by atoms with Crippen molar-refractivity contribution in [2.75, 3.05) is 18.0 Å². The second-order valence-electron chi connectivity index (χ2n) is 5.32. The summed E-state index contributed by atoms with van der Waals surface area (Å²) in [4.78, 5) is 2.31. The predicted molar refractivity (Wildman–Crippen MR) is 74.2 cm³/mol. The SMILES string of the molecule is CCC1CCCN(c2cccc(F)c2C(C)N)C1. The van der Waals surface area contributed by atoms with E-state index in [0.717, 1.165) is 24.7 Å². The van der Waals surface area contributed by atoms with Gasteiger partial charge in [0.15, 0.2) is 0 Å². The Morgan fingerprint density at radius 1 is 1.50 bits per heavy atom. The van der Waals surface area contributed by atoms with Gasteiger partial charge in [-0.15, -0.1) is 0 Å². The molecule has 1 aliphatic heterocycles. The highest BCUT2D eigenvalue weighted by atomic mass is 19.1. The van der Waals surface area contributed by atoms with Crippen molar-refractivity contribution in [2.24, 2.45) is 11.7 Å². The maximum Gasteiger partial charge on any atom is 0.130 e. The van der Waals surface area contributed by atoms with Crippen molar-refractivity contribution >= 4 is 5.69 Å². The third kappa shape index (κ3) is 2.66. The lowest BCUT2D eigenvalue weighted by Gasteiger charge is -2.35. The predicted octanol–water partition coefficient (Wildman–Crippen LogP) is 3.47. The molecule has 2 unspecified atom stereocenters. The van der Waals surface area contributed by atoms with Crippen LogP contribution < -0.4 is 10.6 Å². The average Bonchev–Trinajstić information content (AvgIpc) is 2.38. The van der Waals surface area contributed by atoms with Crippen molar-refractivity contribution in [3.05, 3.63) is 29.6 Å². The number of halogens is 1. The summed E-state index contributed by atoms with van der Waals surface area (Å²) in [5.41, 5.74) is 7.57. The van der Waals surface area contributed by atoms with Crippen LogP contribution in [0.2, 0.25) is 0 Å². The zero-order valence-corrected chi connectivity index (χ0v) is 11.3. The summed E-state index contributed by atoms with van der Waals surface area (Å²) >= 11 is 0. The number of nitrogens with zero attached hydrogens (tertiary/aromatic N) is 1. The largest absolute Gasteiger partial charge is 0.371 e. The quantitative estimate of drug-likeness (QED) is 0.890. The zero-order valence-electron chi connectivity index (χ0n) is 11.3. The van der Waals surface area contributed by atoms with Gasteiger partial charge in [-0.2, -0.15) is 0 Å². The van der Waals surface area contributed by atoms with Gasteiger partial charge in [-0.05, 0) is 37.8 Å². The number of benzene rings is 1. The van der Waals surface area contributed by atoms with Crippen molar-refractivity contribution in [1.82, 2.24) is 0 Å². The monoisotopic (exact) mass is 250 g/mol. The summed E-state index contributed by atoms with van der Waals surface area (Å²) < 4.78 is 13.9. The molecule has 0 bridgehead atoms. The fourth-order valence-electron chi connectivity index (χ4n) is 2.87. The van der Waals surface area contributed by atoms with Crippen molar-refractivity contribution in [3.8, 4) is 0 Å². The van der Waals surface area contributed by atoms with Gasteiger partial charge >= 0.3 is 0 Å². The Balaban J connectivity index is 2.29. The lowest BCUT2D eigenvalue weighted by molar-refractivity contribution is 0.403. The standard InChI is InChI=1S/C15H23FN2/c1-3-12-6-5-9-18(10-12)14-8-4-7-13(16)15(14)11(2)17/h4,7-8,11-12H,3,5-6,9-10,17H2,1-2H3. The van der Waals surface area contributed by atoms with Gasteiger partial charge in [0.2, 0.25) is 0 Å². The molecule has 3 heteroatoms. The van der Waals surface area contributed by atoms with Crippen LogP contribution >= 0.6 is 0 Å².